The van der Waals surface area contributed by atoms with E-state index in [-0.39, 0.29) is 31.3 Å². The van der Waals surface area contributed by atoms with Gasteiger partial charge in [-0.2, -0.15) is 0 Å². The first kappa shape index (κ1) is 18.4. The Morgan fingerprint density at radius 2 is 2.09 bits per heavy atom. The molecule has 7 nitrogen and oxygen atoms in total. The number of methoxy groups -OCH3 is 1. The zero-order chi connectivity index (χ0) is 16.6. The average molecular weight is 314 g/mol. The van der Waals surface area contributed by atoms with Gasteiger partial charge in [0, 0.05) is 46.7 Å². The topological polar surface area (TPSA) is 95.9 Å². The summed E-state index contributed by atoms with van der Waals surface area (Å²) < 4.78 is 4.99. The maximum absolute atomic E-state index is 12.2. The zero-order valence-corrected chi connectivity index (χ0v) is 13.4. The van der Waals surface area contributed by atoms with E-state index < -0.39 is 11.4 Å². The van der Waals surface area contributed by atoms with E-state index in [2.05, 4.69) is 5.32 Å². The van der Waals surface area contributed by atoms with Crippen LogP contribution in [0.2, 0.25) is 0 Å². The highest BCUT2D eigenvalue weighted by atomic mass is 16.5. The van der Waals surface area contributed by atoms with Crippen molar-refractivity contribution in [3.05, 3.63) is 0 Å². The summed E-state index contributed by atoms with van der Waals surface area (Å²) in [6.45, 7) is 3.03. The molecular formula is C15H26N2O5. The van der Waals surface area contributed by atoms with Gasteiger partial charge >= 0.3 is 5.97 Å². The maximum Gasteiger partial charge on any atom is 0.311 e. The summed E-state index contributed by atoms with van der Waals surface area (Å²) in [5.41, 5.74) is -0.875. The molecule has 22 heavy (non-hydrogen) atoms. The van der Waals surface area contributed by atoms with Crippen LogP contribution in [0.5, 0.6) is 0 Å². The predicted molar refractivity (Wildman–Crippen MR) is 80.3 cm³/mol. The lowest BCUT2D eigenvalue weighted by atomic mass is 9.76. The fourth-order valence-corrected chi connectivity index (χ4v) is 2.89. The number of carbonyl (C=O) groups excluding carboxylic acids is 2. The van der Waals surface area contributed by atoms with Crippen LogP contribution in [-0.4, -0.2) is 61.1 Å². The van der Waals surface area contributed by atoms with Gasteiger partial charge in [-0.05, 0) is 25.7 Å². The van der Waals surface area contributed by atoms with Crippen molar-refractivity contribution in [3.8, 4) is 0 Å². The monoisotopic (exact) mass is 314 g/mol. The second-order valence-electron chi connectivity index (χ2n) is 5.83. The summed E-state index contributed by atoms with van der Waals surface area (Å²) in [6, 6.07) is 0. The SMILES string of the molecule is COCCC[C@]1(C(=O)O)CCCN(C(=O)CCNC(C)=O)C1. The molecule has 1 aliphatic heterocycles. The van der Waals surface area contributed by atoms with Gasteiger partial charge in [-0.3, -0.25) is 14.4 Å². The molecule has 0 radical (unpaired) electrons. The van der Waals surface area contributed by atoms with Gasteiger partial charge in [0.2, 0.25) is 11.8 Å². The lowest BCUT2D eigenvalue weighted by Gasteiger charge is -2.40. The molecule has 1 heterocycles. The van der Waals surface area contributed by atoms with Crippen LogP contribution in [0.15, 0.2) is 0 Å². The van der Waals surface area contributed by atoms with Gasteiger partial charge in [-0.15, -0.1) is 0 Å². The third-order valence-corrected chi connectivity index (χ3v) is 4.10. The normalized spacial score (nSPS) is 21.5. The van der Waals surface area contributed by atoms with E-state index in [9.17, 15) is 19.5 Å². The largest absolute Gasteiger partial charge is 0.481 e. The van der Waals surface area contributed by atoms with Gasteiger partial charge in [0.25, 0.3) is 0 Å². The summed E-state index contributed by atoms with van der Waals surface area (Å²) in [7, 11) is 1.59. The van der Waals surface area contributed by atoms with Gasteiger partial charge in [0.05, 0.1) is 5.41 Å². The second kappa shape index (κ2) is 8.73. The minimum Gasteiger partial charge on any atom is -0.481 e. The van der Waals surface area contributed by atoms with E-state index in [0.717, 1.165) is 0 Å². The molecule has 0 unspecified atom stereocenters. The Morgan fingerprint density at radius 1 is 1.36 bits per heavy atom. The number of amides is 2. The van der Waals surface area contributed by atoms with Gasteiger partial charge in [0.15, 0.2) is 0 Å². The number of hydrogen-bond donors (Lipinski definition) is 2. The molecule has 0 spiro atoms. The predicted octanol–water partition coefficient (Wildman–Crippen LogP) is 0.633. The van der Waals surface area contributed by atoms with Crippen molar-refractivity contribution < 1.29 is 24.2 Å². The molecule has 1 fully saturated rings. The number of nitrogens with one attached hydrogen (secondary N) is 1. The van der Waals surface area contributed by atoms with Crippen LogP contribution >= 0.6 is 0 Å². The molecule has 1 aliphatic rings. The maximum atomic E-state index is 12.2. The molecule has 0 saturated carbocycles. The van der Waals surface area contributed by atoms with Crippen molar-refractivity contribution in [2.24, 2.45) is 5.41 Å². The van der Waals surface area contributed by atoms with Crippen LogP contribution in [0.1, 0.15) is 39.0 Å². The van der Waals surface area contributed by atoms with Crippen molar-refractivity contribution in [1.29, 1.82) is 0 Å². The van der Waals surface area contributed by atoms with Crippen molar-refractivity contribution in [3.63, 3.8) is 0 Å². The molecule has 0 bridgehead atoms. The molecule has 1 atom stereocenters. The molecule has 0 aromatic rings. The summed E-state index contributed by atoms with van der Waals surface area (Å²) >= 11 is 0. The minimum absolute atomic E-state index is 0.106. The lowest BCUT2D eigenvalue weighted by Crippen LogP contribution is -2.50. The van der Waals surface area contributed by atoms with Crippen LogP contribution in [0, 0.1) is 5.41 Å². The molecule has 126 valence electrons. The fourth-order valence-electron chi connectivity index (χ4n) is 2.89. The number of carbonyl (C=O) groups is 3. The first-order valence-electron chi connectivity index (χ1n) is 7.66. The van der Waals surface area contributed by atoms with Crippen LogP contribution < -0.4 is 5.32 Å². The number of likely N-dealkylation sites (tertiary alicyclic amines) is 1. The Hall–Kier alpha value is -1.63. The molecule has 0 aromatic carbocycles. The molecular weight excluding hydrogens is 288 g/mol. The van der Waals surface area contributed by atoms with Crippen molar-refractivity contribution >= 4 is 17.8 Å². The van der Waals surface area contributed by atoms with Gasteiger partial charge in [-0.1, -0.05) is 0 Å². The van der Waals surface area contributed by atoms with E-state index >= 15 is 0 Å². The Balaban J connectivity index is 2.60. The molecule has 0 aliphatic carbocycles. The number of carboxylic acids is 1. The lowest BCUT2D eigenvalue weighted by molar-refractivity contribution is -0.155. The van der Waals surface area contributed by atoms with Crippen LogP contribution in [0.4, 0.5) is 0 Å². The first-order chi connectivity index (χ1) is 10.4. The van der Waals surface area contributed by atoms with Gasteiger partial charge in [-0.25, -0.2) is 0 Å². The van der Waals surface area contributed by atoms with Gasteiger partial charge < -0.3 is 20.1 Å². The van der Waals surface area contributed by atoms with Crippen molar-refractivity contribution in [1.82, 2.24) is 10.2 Å². The van der Waals surface area contributed by atoms with Crippen molar-refractivity contribution in [2.45, 2.75) is 39.0 Å². The van der Waals surface area contributed by atoms with Gasteiger partial charge in [0.1, 0.15) is 0 Å². The highest BCUT2D eigenvalue weighted by Gasteiger charge is 2.42. The average Bonchev–Trinajstić information content (AvgIpc) is 2.47. The summed E-state index contributed by atoms with van der Waals surface area (Å²) in [4.78, 5) is 36.3. The third-order valence-electron chi connectivity index (χ3n) is 4.10. The van der Waals surface area contributed by atoms with Crippen LogP contribution in [0.25, 0.3) is 0 Å². The Morgan fingerprint density at radius 3 is 2.68 bits per heavy atom. The smallest absolute Gasteiger partial charge is 0.311 e. The van der Waals surface area contributed by atoms with E-state index in [0.29, 0.717) is 38.8 Å². The number of carboxylic acid groups (broad SMARTS) is 1. The Labute approximate surface area is 131 Å². The standard InChI is InChI=1S/C15H26N2O5/c1-12(18)16-8-5-13(19)17-9-3-6-15(11-17,14(20)21)7-4-10-22-2/h3-11H2,1-2H3,(H,16,18)(H,20,21)/t15-/m1/s1. The third kappa shape index (κ3) is 5.29. The molecule has 2 N–H and O–H groups in total. The second-order valence-corrected chi connectivity index (χ2v) is 5.83. The number of nitrogens with zero attached hydrogens (tertiary/aromatic N) is 1. The number of piperidine rings is 1. The molecule has 7 heteroatoms. The van der Waals surface area contributed by atoms with E-state index in [1.165, 1.54) is 6.92 Å². The van der Waals surface area contributed by atoms with E-state index in [1.54, 1.807) is 12.0 Å². The number of aliphatic carboxylic acids is 1. The first-order valence-corrected chi connectivity index (χ1v) is 7.66. The summed E-state index contributed by atoms with van der Waals surface area (Å²) in [5, 5.41) is 12.2. The summed E-state index contributed by atoms with van der Waals surface area (Å²) in [6.07, 6.45) is 2.64. The number of rotatable bonds is 8. The van der Waals surface area contributed by atoms with E-state index in [4.69, 9.17) is 4.74 Å². The molecule has 1 rings (SSSR count). The van der Waals surface area contributed by atoms with Crippen LogP contribution in [0.3, 0.4) is 0 Å². The Kier molecular flexibility index (Phi) is 7.31. The quantitative estimate of drug-likeness (QED) is 0.641. The highest BCUT2D eigenvalue weighted by Crippen LogP contribution is 2.35. The Bertz CT molecular complexity index is 413. The van der Waals surface area contributed by atoms with E-state index in [1.807, 2.05) is 0 Å². The van der Waals surface area contributed by atoms with Crippen LogP contribution in [-0.2, 0) is 19.1 Å². The zero-order valence-electron chi connectivity index (χ0n) is 13.4. The van der Waals surface area contributed by atoms with Crippen molar-refractivity contribution in [2.75, 3.05) is 33.4 Å². The molecule has 1 saturated heterocycles. The fraction of sp³-hybridized carbons (Fsp3) is 0.800. The highest BCUT2D eigenvalue weighted by molar-refractivity contribution is 5.80. The minimum atomic E-state index is -0.875. The number of ether oxygens (including phenoxy) is 1. The molecule has 2 amide bonds. The summed E-state index contributed by atoms with van der Waals surface area (Å²) in [5.74, 6) is -1.13. The number of hydrogen-bond acceptors (Lipinski definition) is 4. The molecule has 0 aromatic heterocycles.